The molecule has 2 aromatic rings. The van der Waals surface area contributed by atoms with Crippen LogP contribution in [-0.2, 0) is 11.2 Å². The predicted molar refractivity (Wildman–Crippen MR) is 90.1 cm³/mol. The quantitative estimate of drug-likeness (QED) is 0.760. The molecule has 0 saturated heterocycles. The Morgan fingerprint density at radius 3 is 2.30 bits per heavy atom. The van der Waals surface area contributed by atoms with Gasteiger partial charge in [0.1, 0.15) is 6.04 Å². The lowest BCUT2D eigenvalue weighted by Gasteiger charge is -2.18. The van der Waals surface area contributed by atoms with E-state index in [1.807, 2.05) is 54.6 Å². The minimum Gasteiger partial charge on any atom is -0.351 e. The summed E-state index contributed by atoms with van der Waals surface area (Å²) < 4.78 is 0. The van der Waals surface area contributed by atoms with Gasteiger partial charge < -0.3 is 11.1 Å². The van der Waals surface area contributed by atoms with Gasteiger partial charge >= 0.3 is 6.03 Å². The normalized spacial score (nSPS) is 11.7. The third kappa shape index (κ3) is 5.39. The first-order valence-corrected chi connectivity index (χ1v) is 7.57. The van der Waals surface area contributed by atoms with Crippen LogP contribution in [0.3, 0.4) is 0 Å². The number of imide groups is 1. The van der Waals surface area contributed by atoms with Crippen LogP contribution in [0.25, 0.3) is 0 Å². The van der Waals surface area contributed by atoms with Crippen LogP contribution in [0.15, 0.2) is 54.6 Å². The molecule has 2 aromatic carbocycles. The highest BCUT2D eigenvalue weighted by Crippen LogP contribution is 2.14. The second-order valence-corrected chi connectivity index (χ2v) is 5.46. The SMILES string of the molecule is NC(=O)NC(=O)[C@H](NCCc1ccc(Cl)cc1)c1ccccc1. The molecule has 2 rings (SSSR count). The molecule has 0 aliphatic heterocycles. The second-order valence-electron chi connectivity index (χ2n) is 5.03. The van der Waals surface area contributed by atoms with E-state index < -0.39 is 18.0 Å². The third-order valence-corrected chi connectivity index (χ3v) is 3.57. The maximum absolute atomic E-state index is 12.1. The third-order valence-electron chi connectivity index (χ3n) is 3.32. The maximum Gasteiger partial charge on any atom is 0.318 e. The molecule has 0 heterocycles. The molecule has 0 saturated carbocycles. The summed E-state index contributed by atoms with van der Waals surface area (Å²) in [5, 5.41) is 5.95. The van der Waals surface area contributed by atoms with Crippen LogP contribution in [-0.4, -0.2) is 18.5 Å². The van der Waals surface area contributed by atoms with Gasteiger partial charge in [-0.3, -0.25) is 10.1 Å². The Labute approximate surface area is 139 Å². The van der Waals surface area contributed by atoms with E-state index in [2.05, 4.69) is 10.6 Å². The van der Waals surface area contributed by atoms with Gasteiger partial charge in [-0.1, -0.05) is 54.1 Å². The Balaban J connectivity index is 2.01. The van der Waals surface area contributed by atoms with Crippen molar-refractivity contribution in [3.8, 4) is 0 Å². The molecule has 120 valence electrons. The van der Waals surface area contributed by atoms with Crippen LogP contribution in [0.2, 0.25) is 5.02 Å². The van der Waals surface area contributed by atoms with E-state index in [1.54, 1.807) is 0 Å². The van der Waals surface area contributed by atoms with Crippen molar-refractivity contribution in [2.45, 2.75) is 12.5 Å². The molecule has 6 heteroatoms. The smallest absolute Gasteiger partial charge is 0.318 e. The van der Waals surface area contributed by atoms with Crippen molar-refractivity contribution in [3.63, 3.8) is 0 Å². The number of hydrogen-bond acceptors (Lipinski definition) is 3. The Hall–Kier alpha value is -2.37. The number of hydrogen-bond donors (Lipinski definition) is 3. The molecule has 0 spiro atoms. The molecule has 0 aliphatic carbocycles. The zero-order valence-electron chi connectivity index (χ0n) is 12.5. The summed E-state index contributed by atoms with van der Waals surface area (Å²) in [5.41, 5.74) is 6.90. The largest absolute Gasteiger partial charge is 0.351 e. The summed E-state index contributed by atoms with van der Waals surface area (Å²) in [6.07, 6.45) is 0.727. The second kappa shape index (κ2) is 8.31. The van der Waals surface area contributed by atoms with Crippen molar-refractivity contribution < 1.29 is 9.59 Å². The number of urea groups is 1. The topological polar surface area (TPSA) is 84.2 Å². The molecule has 0 fully saturated rings. The minimum atomic E-state index is -0.865. The predicted octanol–water partition coefficient (Wildman–Crippen LogP) is 2.41. The number of rotatable bonds is 6. The van der Waals surface area contributed by atoms with Gasteiger partial charge in [0.15, 0.2) is 0 Å². The molecular formula is C17H18ClN3O2. The molecule has 0 aliphatic rings. The zero-order valence-corrected chi connectivity index (χ0v) is 13.2. The number of nitrogens with one attached hydrogen (secondary N) is 2. The standard InChI is InChI=1S/C17H18ClN3O2/c18-14-8-6-12(7-9-14)10-11-20-15(16(22)21-17(19)23)13-4-2-1-3-5-13/h1-9,15,20H,10-11H2,(H3,19,21,22,23)/t15-/m1/s1. The monoisotopic (exact) mass is 331 g/mol. The summed E-state index contributed by atoms with van der Waals surface area (Å²) in [4.78, 5) is 23.1. The molecule has 0 radical (unpaired) electrons. The van der Waals surface area contributed by atoms with Gasteiger partial charge in [-0.25, -0.2) is 4.79 Å². The molecule has 0 unspecified atom stereocenters. The summed E-state index contributed by atoms with van der Waals surface area (Å²) in [6, 6.07) is 15.2. The van der Waals surface area contributed by atoms with E-state index in [-0.39, 0.29) is 0 Å². The van der Waals surface area contributed by atoms with E-state index >= 15 is 0 Å². The van der Waals surface area contributed by atoms with E-state index in [0.29, 0.717) is 11.6 Å². The highest BCUT2D eigenvalue weighted by molar-refractivity contribution is 6.30. The summed E-state index contributed by atoms with van der Waals surface area (Å²) in [6.45, 7) is 0.563. The first-order chi connectivity index (χ1) is 11.1. The first kappa shape index (κ1) is 17.0. The number of carbonyl (C=O) groups is 2. The molecular weight excluding hydrogens is 314 g/mol. The van der Waals surface area contributed by atoms with Crippen molar-refractivity contribution >= 4 is 23.5 Å². The number of halogens is 1. The molecule has 1 atom stereocenters. The summed E-state index contributed by atoms with van der Waals surface area (Å²) in [7, 11) is 0. The van der Waals surface area contributed by atoms with Crippen molar-refractivity contribution in [1.82, 2.24) is 10.6 Å². The number of nitrogens with two attached hydrogens (primary N) is 1. The van der Waals surface area contributed by atoms with Gasteiger partial charge in [0.2, 0.25) is 5.91 Å². The van der Waals surface area contributed by atoms with Gasteiger partial charge in [-0.15, -0.1) is 0 Å². The van der Waals surface area contributed by atoms with Crippen LogP contribution >= 0.6 is 11.6 Å². The van der Waals surface area contributed by atoms with Gasteiger partial charge in [0.25, 0.3) is 0 Å². The average molecular weight is 332 g/mol. The van der Waals surface area contributed by atoms with Crippen molar-refractivity contribution in [2.24, 2.45) is 5.73 Å². The Morgan fingerprint density at radius 2 is 1.70 bits per heavy atom. The van der Waals surface area contributed by atoms with Crippen molar-refractivity contribution in [1.29, 1.82) is 0 Å². The van der Waals surface area contributed by atoms with Gasteiger partial charge in [0, 0.05) is 11.6 Å². The lowest BCUT2D eigenvalue weighted by Crippen LogP contribution is -2.43. The molecule has 0 aromatic heterocycles. The first-order valence-electron chi connectivity index (χ1n) is 7.19. The van der Waals surface area contributed by atoms with Crippen molar-refractivity contribution in [2.75, 3.05) is 6.54 Å². The van der Waals surface area contributed by atoms with Crippen LogP contribution in [0.1, 0.15) is 17.2 Å². The van der Waals surface area contributed by atoms with E-state index in [9.17, 15) is 9.59 Å². The van der Waals surface area contributed by atoms with E-state index in [0.717, 1.165) is 17.5 Å². The maximum atomic E-state index is 12.1. The van der Waals surface area contributed by atoms with Crippen LogP contribution in [0, 0.1) is 0 Å². The number of primary amides is 1. The molecule has 3 amide bonds. The fraction of sp³-hybridized carbons (Fsp3) is 0.176. The molecule has 4 N–H and O–H groups in total. The molecule has 0 bridgehead atoms. The van der Waals surface area contributed by atoms with Crippen LogP contribution in [0.4, 0.5) is 4.79 Å². The van der Waals surface area contributed by atoms with E-state index in [4.69, 9.17) is 17.3 Å². The average Bonchev–Trinajstić information content (AvgIpc) is 2.53. The Kier molecular flexibility index (Phi) is 6.14. The van der Waals surface area contributed by atoms with Gasteiger partial charge in [-0.2, -0.15) is 0 Å². The molecule has 23 heavy (non-hydrogen) atoms. The zero-order chi connectivity index (χ0) is 16.7. The summed E-state index contributed by atoms with van der Waals surface area (Å²) >= 11 is 5.85. The fourth-order valence-electron chi connectivity index (χ4n) is 2.21. The van der Waals surface area contributed by atoms with Crippen LogP contribution in [0.5, 0.6) is 0 Å². The minimum absolute atomic E-state index is 0.472. The lowest BCUT2D eigenvalue weighted by atomic mass is 10.1. The summed E-state index contributed by atoms with van der Waals surface area (Å²) in [5.74, 6) is -0.472. The lowest BCUT2D eigenvalue weighted by molar-refractivity contribution is -0.122. The number of amides is 3. The van der Waals surface area contributed by atoms with E-state index in [1.165, 1.54) is 0 Å². The fourth-order valence-corrected chi connectivity index (χ4v) is 2.34. The Bertz CT molecular complexity index is 659. The van der Waals surface area contributed by atoms with Gasteiger partial charge in [-0.05, 0) is 29.7 Å². The number of benzene rings is 2. The highest BCUT2D eigenvalue weighted by atomic mass is 35.5. The highest BCUT2D eigenvalue weighted by Gasteiger charge is 2.20. The molecule has 5 nitrogen and oxygen atoms in total. The van der Waals surface area contributed by atoms with Crippen molar-refractivity contribution in [3.05, 3.63) is 70.7 Å². The van der Waals surface area contributed by atoms with Gasteiger partial charge in [0.05, 0.1) is 0 Å². The Morgan fingerprint density at radius 1 is 1.04 bits per heavy atom. The van der Waals surface area contributed by atoms with Crippen LogP contribution < -0.4 is 16.4 Å². The number of carbonyl (C=O) groups excluding carboxylic acids is 2.